The molecular formula is C23H21ClN2O5. The van der Waals surface area contributed by atoms with Crippen molar-refractivity contribution in [1.29, 1.82) is 0 Å². The number of amides is 1. The normalized spacial score (nSPS) is 10.4. The number of rotatable bonds is 7. The van der Waals surface area contributed by atoms with Gasteiger partial charge >= 0.3 is 11.9 Å². The Hall–Kier alpha value is -3.58. The van der Waals surface area contributed by atoms with Crippen molar-refractivity contribution in [2.45, 2.75) is 13.0 Å². The van der Waals surface area contributed by atoms with Gasteiger partial charge in [0.1, 0.15) is 12.1 Å². The Labute approximate surface area is 184 Å². The number of methoxy groups -OCH3 is 2. The molecule has 0 aliphatic heterocycles. The maximum atomic E-state index is 12.9. The summed E-state index contributed by atoms with van der Waals surface area (Å²) in [5.41, 5.74) is 2.94. The van der Waals surface area contributed by atoms with Crippen molar-refractivity contribution >= 4 is 29.4 Å². The first-order valence-corrected chi connectivity index (χ1v) is 9.78. The van der Waals surface area contributed by atoms with Crippen LogP contribution in [-0.4, -0.2) is 36.7 Å². The van der Waals surface area contributed by atoms with Gasteiger partial charge in [-0.05, 0) is 22.8 Å². The quantitative estimate of drug-likeness (QED) is 0.412. The van der Waals surface area contributed by atoms with E-state index in [-0.39, 0.29) is 17.3 Å². The van der Waals surface area contributed by atoms with Crippen LogP contribution in [0.2, 0.25) is 5.02 Å². The number of hydrogen-bond donors (Lipinski definition) is 0. The van der Waals surface area contributed by atoms with Gasteiger partial charge in [-0.2, -0.15) is 0 Å². The van der Waals surface area contributed by atoms with Gasteiger partial charge in [0, 0.05) is 6.20 Å². The number of carbonyl (C=O) groups excluding carboxylic acids is 3. The predicted octanol–water partition coefficient (Wildman–Crippen LogP) is 3.82. The fourth-order valence-corrected chi connectivity index (χ4v) is 3.25. The molecule has 0 unspecified atom stereocenters. The minimum absolute atomic E-state index is 0.0617. The number of nitrogens with zero attached hydrogens (tertiary/aromatic N) is 2. The number of benzene rings is 2. The van der Waals surface area contributed by atoms with E-state index in [1.54, 1.807) is 0 Å². The number of esters is 2. The monoisotopic (exact) mass is 440 g/mol. The molecule has 0 saturated heterocycles. The zero-order valence-electron chi connectivity index (χ0n) is 17.1. The molecule has 2 aromatic carbocycles. The summed E-state index contributed by atoms with van der Waals surface area (Å²) in [5.74, 6) is -1.91. The highest BCUT2D eigenvalue weighted by atomic mass is 35.5. The molecule has 7 nitrogen and oxygen atoms in total. The minimum Gasteiger partial charge on any atom is -0.469 e. The van der Waals surface area contributed by atoms with E-state index < -0.39 is 24.3 Å². The van der Waals surface area contributed by atoms with Crippen molar-refractivity contribution < 1.29 is 23.9 Å². The average Bonchev–Trinajstić information content (AvgIpc) is 3.18. The molecular weight excluding hydrogens is 420 g/mol. The van der Waals surface area contributed by atoms with Gasteiger partial charge in [0.05, 0.1) is 25.8 Å². The average molecular weight is 441 g/mol. The standard InChI is InChI=1S/C23H21ClN2O5/c1-30-22(28)13-21(27)26(25-15-19(24)12-20(25)23(29)31-2)14-16-8-10-18(11-9-16)17-6-4-3-5-7-17/h3-12,15H,13-14H2,1-2H3. The lowest BCUT2D eigenvalue weighted by molar-refractivity contribution is -0.143. The molecule has 0 aliphatic carbocycles. The molecule has 0 N–H and O–H groups in total. The lowest BCUT2D eigenvalue weighted by Crippen LogP contribution is -2.42. The Bertz CT molecular complexity index is 1080. The third-order valence-corrected chi connectivity index (χ3v) is 4.83. The summed E-state index contributed by atoms with van der Waals surface area (Å²) in [7, 11) is 2.44. The van der Waals surface area contributed by atoms with Gasteiger partial charge in [-0.1, -0.05) is 66.2 Å². The van der Waals surface area contributed by atoms with Gasteiger partial charge in [-0.25, -0.2) is 14.5 Å². The zero-order valence-corrected chi connectivity index (χ0v) is 17.8. The number of aromatic nitrogens is 1. The van der Waals surface area contributed by atoms with Crippen molar-refractivity contribution in [2.24, 2.45) is 0 Å². The van der Waals surface area contributed by atoms with Gasteiger partial charge in [-0.3, -0.25) is 9.59 Å². The second-order valence-electron chi connectivity index (χ2n) is 6.65. The fraction of sp³-hybridized carbons (Fsp3) is 0.174. The van der Waals surface area contributed by atoms with Crippen LogP contribution in [-0.2, 0) is 25.6 Å². The Morgan fingerprint density at radius 2 is 1.58 bits per heavy atom. The van der Waals surface area contributed by atoms with Crippen molar-refractivity contribution in [3.05, 3.63) is 83.1 Å². The van der Waals surface area contributed by atoms with E-state index in [2.05, 4.69) is 4.74 Å². The molecule has 0 bridgehead atoms. The number of ether oxygens (including phenoxy) is 2. The summed E-state index contributed by atoms with van der Waals surface area (Å²) < 4.78 is 10.7. The van der Waals surface area contributed by atoms with Crippen LogP contribution in [0.4, 0.5) is 0 Å². The Balaban J connectivity index is 1.93. The van der Waals surface area contributed by atoms with Crippen LogP contribution in [0.3, 0.4) is 0 Å². The van der Waals surface area contributed by atoms with Crippen molar-refractivity contribution in [2.75, 3.05) is 19.2 Å². The molecule has 3 rings (SSSR count). The van der Waals surface area contributed by atoms with E-state index in [9.17, 15) is 14.4 Å². The fourth-order valence-electron chi connectivity index (χ4n) is 3.05. The van der Waals surface area contributed by atoms with Crippen LogP contribution in [0, 0.1) is 0 Å². The summed E-state index contributed by atoms with van der Waals surface area (Å²) in [6, 6.07) is 18.9. The summed E-state index contributed by atoms with van der Waals surface area (Å²) in [5, 5.41) is 1.50. The van der Waals surface area contributed by atoms with Crippen LogP contribution in [0.5, 0.6) is 0 Å². The highest BCUT2D eigenvalue weighted by Crippen LogP contribution is 2.21. The van der Waals surface area contributed by atoms with Crippen LogP contribution < -0.4 is 5.01 Å². The highest BCUT2D eigenvalue weighted by Gasteiger charge is 2.25. The molecule has 3 aromatic rings. The lowest BCUT2D eigenvalue weighted by atomic mass is 10.0. The van der Waals surface area contributed by atoms with E-state index in [1.165, 1.54) is 36.2 Å². The Morgan fingerprint density at radius 3 is 2.19 bits per heavy atom. The first-order valence-electron chi connectivity index (χ1n) is 9.41. The smallest absolute Gasteiger partial charge is 0.356 e. The number of halogens is 1. The Morgan fingerprint density at radius 1 is 0.935 bits per heavy atom. The largest absolute Gasteiger partial charge is 0.469 e. The molecule has 160 valence electrons. The summed E-state index contributed by atoms with van der Waals surface area (Å²) >= 11 is 6.08. The topological polar surface area (TPSA) is 77.8 Å². The molecule has 0 spiro atoms. The summed E-state index contributed by atoms with van der Waals surface area (Å²) in [6.07, 6.45) is 0.927. The maximum absolute atomic E-state index is 12.9. The number of hydrogen-bond acceptors (Lipinski definition) is 5. The van der Waals surface area contributed by atoms with Crippen LogP contribution in [0.1, 0.15) is 22.5 Å². The molecule has 0 fully saturated rings. The minimum atomic E-state index is -0.688. The molecule has 0 radical (unpaired) electrons. The second kappa shape index (κ2) is 9.95. The molecule has 1 amide bonds. The van der Waals surface area contributed by atoms with Crippen LogP contribution in [0.25, 0.3) is 11.1 Å². The van der Waals surface area contributed by atoms with Gasteiger partial charge in [0.25, 0.3) is 5.91 Å². The molecule has 0 saturated carbocycles. The van der Waals surface area contributed by atoms with Crippen LogP contribution in [0.15, 0.2) is 66.9 Å². The Kier molecular flexibility index (Phi) is 7.10. The van der Waals surface area contributed by atoms with Crippen molar-refractivity contribution in [3.8, 4) is 11.1 Å². The van der Waals surface area contributed by atoms with E-state index in [0.29, 0.717) is 0 Å². The van der Waals surface area contributed by atoms with Crippen LogP contribution >= 0.6 is 11.6 Å². The molecule has 0 atom stereocenters. The SMILES string of the molecule is COC(=O)CC(=O)N(Cc1ccc(-c2ccccc2)cc1)n1cc(Cl)cc1C(=O)OC. The van der Waals surface area contributed by atoms with E-state index in [4.69, 9.17) is 16.3 Å². The van der Waals surface area contributed by atoms with Crippen molar-refractivity contribution in [3.63, 3.8) is 0 Å². The highest BCUT2D eigenvalue weighted by molar-refractivity contribution is 6.31. The van der Waals surface area contributed by atoms with Gasteiger partial charge in [-0.15, -0.1) is 0 Å². The first-order chi connectivity index (χ1) is 14.9. The second-order valence-corrected chi connectivity index (χ2v) is 7.08. The van der Waals surface area contributed by atoms with Gasteiger partial charge < -0.3 is 9.47 Å². The molecule has 1 aromatic heterocycles. The third-order valence-electron chi connectivity index (χ3n) is 4.63. The van der Waals surface area contributed by atoms with Gasteiger partial charge in [0.2, 0.25) is 0 Å². The zero-order chi connectivity index (χ0) is 22.4. The molecule has 0 aliphatic rings. The summed E-state index contributed by atoms with van der Waals surface area (Å²) in [6.45, 7) is 0.0971. The van der Waals surface area contributed by atoms with Gasteiger partial charge in [0.15, 0.2) is 0 Å². The van der Waals surface area contributed by atoms with E-state index in [0.717, 1.165) is 16.7 Å². The number of carbonyl (C=O) groups is 3. The van der Waals surface area contributed by atoms with E-state index in [1.807, 2.05) is 54.6 Å². The van der Waals surface area contributed by atoms with Crippen molar-refractivity contribution in [1.82, 2.24) is 4.68 Å². The maximum Gasteiger partial charge on any atom is 0.356 e. The lowest BCUT2D eigenvalue weighted by Gasteiger charge is -2.25. The molecule has 8 heteroatoms. The predicted molar refractivity (Wildman–Crippen MR) is 116 cm³/mol. The molecule has 31 heavy (non-hydrogen) atoms. The summed E-state index contributed by atoms with van der Waals surface area (Å²) in [4.78, 5) is 36.8. The third kappa shape index (κ3) is 5.32. The molecule has 1 heterocycles. The first kappa shape index (κ1) is 22.1. The van der Waals surface area contributed by atoms with E-state index >= 15 is 0 Å².